The van der Waals surface area contributed by atoms with Gasteiger partial charge < -0.3 is 10.8 Å². The van der Waals surface area contributed by atoms with E-state index in [-0.39, 0.29) is 5.41 Å². The molecule has 5 heteroatoms. The molecule has 0 saturated heterocycles. The van der Waals surface area contributed by atoms with Gasteiger partial charge in [-0.1, -0.05) is 25.0 Å². The molecule has 2 nitrogen and oxygen atoms in total. The second kappa shape index (κ2) is 5.13. The highest BCUT2D eigenvalue weighted by Crippen LogP contribution is 2.47. The molecule has 3 N–H and O–H groups in total. The first-order valence-corrected chi connectivity index (χ1v) is 6.44. The van der Waals surface area contributed by atoms with Crippen LogP contribution in [0.2, 0.25) is 0 Å². The molecule has 1 fully saturated rings. The lowest BCUT2D eigenvalue weighted by Crippen LogP contribution is -2.34. The highest BCUT2D eigenvalue weighted by atomic mass is 19.4. The zero-order valence-corrected chi connectivity index (χ0v) is 10.6. The molecular weight excluding hydrogens is 255 g/mol. The van der Waals surface area contributed by atoms with E-state index >= 15 is 0 Å². The number of rotatable bonds is 3. The molecule has 2 rings (SSSR count). The molecule has 0 aliphatic heterocycles. The lowest BCUT2D eigenvalue weighted by Gasteiger charge is -2.33. The van der Waals surface area contributed by atoms with Crippen LogP contribution >= 0.6 is 0 Å². The van der Waals surface area contributed by atoms with Crippen molar-refractivity contribution < 1.29 is 18.3 Å². The zero-order valence-electron chi connectivity index (χ0n) is 10.6. The Hall–Kier alpha value is -1.07. The number of hydrogen-bond acceptors (Lipinski definition) is 2. The Bertz CT molecular complexity index is 421. The highest BCUT2D eigenvalue weighted by molar-refractivity contribution is 5.27. The maximum Gasteiger partial charge on any atom is 0.416 e. The van der Waals surface area contributed by atoms with Gasteiger partial charge in [-0.15, -0.1) is 0 Å². The summed E-state index contributed by atoms with van der Waals surface area (Å²) in [6, 6.07) is 4.72. The summed E-state index contributed by atoms with van der Waals surface area (Å²) in [4.78, 5) is 0. The third kappa shape index (κ3) is 2.77. The van der Waals surface area contributed by atoms with Gasteiger partial charge in [-0.25, -0.2) is 0 Å². The van der Waals surface area contributed by atoms with Crippen molar-refractivity contribution in [3.05, 3.63) is 35.4 Å². The lowest BCUT2D eigenvalue weighted by molar-refractivity contribution is -0.137. The summed E-state index contributed by atoms with van der Waals surface area (Å²) >= 11 is 0. The Labute approximate surface area is 110 Å². The van der Waals surface area contributed by atoms with Crippen LogP contribution in [0, 0.1) is 5.41 Å². The molecule has 1 unspecified atom stereocenters. The van der Waals surface area contributed by atoms with Gasteiger partial charge in [-0.3, -0.25) is 0 Å². The molecule has 1 aliphatic rings. The molecule has 0 amide bonds. The van der Waals surface area contributed by atoms with Crippen LogP contribution in [-0.4, -0.2) is 11.7 Å². The maximum absolute atomic E-state index is 12.5. The van der Waals surface area contributed by atoms with Crippen molar-refractivity contribution in [2.45, 2.75) is 38.0 Å². The van der Waals surface area contributed by atoms with Gasteiger partial charge in [-0.05, 0) is 30.5 Å². The van der Waals surface area contributed by atoms with Crippen LogP contribution in [0.25, 0.3) is 0 Å². The lowest BCUT2D eigenvalue weighted by atomic mass is 9.77. The highest BCUT2D eigenvalue weighted by Gasteiger charge is 2.40. The van der Waals surface area contributed by atoms with Crippen molar-refractivity contribution >= 4 is 0 Å². The molecule has 0 bridgehead atoms. The molecule has 0 spiro atoms. The minimum Gasteiger partial charge on any atom is -0.388 e. The molecule has 1 saturated carbocycles. The van der Waals surface area contributed by atoms with Gasteiger partial charge in [0, 0.05) is 12.0 Å². The van der Waals surface area contributed by atoms with Gasteiger partial charge in [-0.2, -0.15) is 13.2 Å². The van der Waals surface area contributed by atoms with Crippen molar-refractivity contribution in [2.24, 2.45) is 11.1 Å². The Morgan fingerprint density at radius 2 is 1.68 bits per heavy atom. The summed E-state index contributed by atoms with van der Waals surface area (Å²) in [6.07, 6.45) is -1.47. The van der Waals surface area contributed by atoms with Crippen LogP contribution in [0.3, 0.4) is 0 Å². The standard InChI is InChI=1S/C14H18F3NO/c15-14(16,17)11-5-3-10(4-6-11)12(19)13(9-18)7-1-2-8-13/h3-6,12,19H,1-2,7-9,18H2. The van der Waals surface area contributed by atoms with E-state index < -0.39 is 17.8 Å². The summed E-state index contributed by atoms with van der Waals surface area (Å²) in [6.45, 7) is 0.356. The van der Waals surface area contributed by atoms with Crippen LogP contribution in [0.15, 0.2) is 24.3 Å². The number of alkyl halides is 3. The number of benzene rings is 1. The number of hydrogen-bond donors (Lipinski definition) is 2. The molecular formula is C14H18F3NO. The molecule has 1 atom stereocenters. The fourth-order valence-corrected chi connectivity index (χ4v) is 2.88. The van der Waals surface area contributed by atoms with E-state index in [4.69, 9.17) is 5.73 Å². The van der Waals surface area contributed by atoms with Crippen LogP contribution in [0.1, 0.15) is 42.9 Å². The molecule has 19 heavy (non-hydrogen) atoms. The normalized spacial score (nSPS) is 20.5. The Morgan fingerprint density at radius 1 is 1.16 bits per heavy atom. The number of halogens is 3. The third-order valence-electron chi connectivity index (χ3n) is 4.14. The van der Waals surface area contributed by atoms with Crippen LogP contribution < -0.4 is 5.73 Å². The third-order valence-corrected chi connectivity index (χ3v) is 4.14. The smallest absolute Gasteiger partial charge is 0.388 e. The first-order valence-electron chi connectivity index (χ1n) is 6.44. The molecule has 0 heterocycles. The fourth-order valence-electron chi connectivity index (χ4n) is 2.88. The maximum atomic E-state index is 12.5. The SMILES string of the molecule is NCC1(C(O)c2ccc(C(F)(F)F)cc2)CCCC1. The minimum atomic E-state index is -4.34. The molecule has 1 aliphatic carbocycles. The van der Waals surface area contributed by atoms with Crippen LogP contribution in [-0.2, 0) is 6.18 Å². The van der Waals surface area contributed by atoms with E-state index in [9.17, 15) is 18.3 Å². The number of aliphatic hydroxyl groups excluding tert-OH is 1. The first-order chi connectivity index (χ1) is 8.89. The van der Waals surface area contributed by atoms with Crippen LogP contribution in [0.4, 0.5) is 13.2 Å². The Kier molecular flexibility index (Phi) is 3.87. The predicted octanol–water partition coefficient (Wildman–Crippen LogP) is 3.26. The summed E-state index contributed by atoms with van der Waals surface area (Å²) in [5, 5.41) is 10.4. The largest absolute Gasteiger partial charge is 0.416 e. The van der Waals surface area contributed by atoms with E-state index in [1.165, 1.54) is 12.1 Å². The average Bonchev–Trinajstić information content (AvgIpc) is 2.87. The first kappa shape index (κ1) is 14.3. The van der Waals surface area contributed by atoms with Gasteiger partial charge >= 0.3 is 6.18 Å². The van der Waals surface area contributed by atoms with Crippen molar-refractivity contribution in [3.8, 4) is 0 Å². The molecule has 1 aromatic carbocycles. The van der Waals surface area contributed by atoms with Crippen molar-refractivity contribution in [3.63, 3.8) is 0 Å². The zero-order chi connectivity index (χ0) is 14.1. The van der Waals surface area contributed by atoms with Crippen molar-refractivity contribution in [2.75, 3.05) is 6.54 Å². The second-order valence-corrected chi connectivity index (χ2v) is 5.30. The van der Waals surface area contributed by atoms with E-state index in [0.717, 1.165) is 37.8 Å². The quantitative estimate of drug-likeness (QED) is 0.888. The van der Waals surface area contributed by atoms with Gasteiger partial charge in [0.1, 0.15) is 0 Å². The van der Waals surface area contributed by atoms with E-state index in [0.29, 0.717) is 12.1 Å². The predicted molar refractivity (Wildman–Crippen MR) is 66.4 cm³/mol. The van der Waals surface area contributed by atoms with Gasteiger partial charge in [0.15, 0.2) is 0 Å². The molecule has 0 radical (unpaired) electrons. The van der Waals surface area contributed by atoms with E-state index in [1.54, 1.807) is 0 Å². The molecule has 106 valence electrons. The van der Waals surface area contributed by atoms with Crippen molar-refractivity contribution in [1.82, 2.24) is 0 Å². The molecule has 0 aromatic heterocycles. The summed E-state index contributed by atoms with van der Waals surface area (Å²) in [5.74, 6) is 0. The van der Waals surface area contributed by atoms with Gasteiger partial charge in [0.25, 0.3) is 0 Å². The Balaban J connectivity index is 2.22. The fraction of sp³-hybridized carbons (Fsp3) is 0.571. The number of aliphatic hydroxyl groups is 1. The monoisotopic (exact) mass is 273 g/mol. The number of nitrogens with two attached hydrogens (primary N) is 1. The Morgan fingerprint density at radius 3 is 2.11 bits per heavy atom. The summed E-state index contributed by atoms with van der Waals surface area (Å²) in [7, 11) is 0. The van der Waals surface area contributed by atoms with Gasteiger partial charge in [0.05, 0.1) is 11.7 Å². The average molecular weight is 273 g/mol. The van der Waals surface area contributed by atoms with E-state index in [2.05, 4.69) is 0 Å². The van der Waals surface area contributed by atoms with Crippen LogP contribution in [0.5, 0.6) is 0 Å². The summed E-state index contributed by atoms with van der Waals surface area (Å²) in [5.41, 5.74) is 5.21. The minimum absolute atomic E-state index is 0.356. The van der Waals surface area contributed by atoms with Crippen molar-refractivity contribution in [1.29, 1.82) is 0 Å². The summed E-state index contributed by atoms with van der Waals surface area (Å²) < 4.78 is 37.4. The molecule has 1 aromatic rings. The van der Waals surface area contributed by atoms with E-state index in [1.807, 2.05) is 0 Å². The topological polar surface area (TPSA) is 46.2 Å². The second-order valence-electron chi connectivity index (χ2n) is 5.30. The van der Waals surface area contributed by atoms with Gasteiger partial charge in [0.2, 0.25) is 0 Å².